The lowest BCUT2D eigenvalue weighted by Crippen LogP contribution is -2.14. The van der Waals surface area contributed by atoms with Gasteiger partial charge >= 0.3 is 0 Å². The van der Waals surface area contributed by atoms with Gasteiger partial charge in [-0.3, -0.25) is 4.79 Å². The number of amides is 1. The summed E-state index contributed by atoms with van der Waals surface area (Å²) in [6.45, 7) is 2.73. The summed E-state index contributed by atoms with van der Waals surface area (Å²) in [5.41, 5.74) is 12.5. The fourth-order valence-electron chi connectivity index (χ4n) is 2.46. The van der Waals surface area contributed by atoms with Gasteiger partial charge in [-0.2, -0.15) is 0 Å². The number of nitrogen functional groups attached to an aromatic ring is 1. The van der Waals surface area contributed by atoms with Crippen LogP contribution in [0.3, 0.4) is 0 Å². The van der Waals surface area contributed by atoms with Crippen LogP contribution in [0.4, 0.5) is 5.82 Å². The summed E-state index contributed by atoms with van der Waals surface area (Å²) in [7, 11) is 0. The van der Waals surface area contributed by atoms with Crippen molar-refractivity contribution < 1.29 is 14.3 Å². The number of hydrogen-bond donors (Lipinski definition) is 2. The molecule has 0 spiro atoms. The molecule has 0 bridgehead atoms. The first-order valence-corrected chi connectivity index (χ1v) is 10.0. The normalized spacial score (nSPS) is 16.1. The maximum atomic E-state index is 11.6. The lowest BCUT2D eigenvalue weighted by molar-refractivity contribution is -0.0279. The van der Waals surface area contributed by atoms with Crippen molar-refractivity contribution in [1.82, 2.24) is 9.55 Å². The van der Waals surface area contributed by atoms with Crippen LogP contribution >= 0.6 is 34.4 Å². The van der Waals surface area contributed by atoms with Gasteiger partial charge in [-0.05, 0) is 46.8 Å². The number of benzene rings is 1. The summed E-state index contributed by atoms with van der Waals surface area (Å²) in [4.78, 5) is 15.8. The van der Waals surface area contributed by atoms with Gasteiger partial charge < -0.3 is 25.5 Å². The van der Waals surface area contributed by atoms with Crippen molar-refractivity contribution in [3.63, 3.8) is 0 Å². The molecule has 2 aromatic rings. The minimum atomic E-state index is -0.645. The van der Waals surface area contributed by atoms with Crippen LogP contribution in [0.1, 0.15) is 42.1 Å². The van der Waals surface area contributed by atoms with Gasteiger partial charge in [0.05, 0.1) is 0 Å². The van der Waals surface area contributed by atoms with E-state index in [1.807, 2.05) is 24.3 Å². The number of imidazole rings is 1. The first kappa shape index (κ1) is 18.9. The molecule has 7 nitrogen and oxygen atoms in total. The average Bonchev–Trinajstić information content (AvgIpc) is 3.19. The van der Waals surface area contributed by atoms with Gasteiger partial charge in [0.25, 0.3) is 12.2 Å². The van der Waals surface area contributed by atoms with Crippen molar-refractivity contribution in [3.05, 3.63) is 50.4 Å². The summed E-state index contributed by atoms with van der Waals surface area (Å²) >= 11 is 3.50. The molecule has 1 atom stereocenters. The second-order valence-electron chi connectivity index (χ2n) is 5.64. The van der Waals surface area contributed by atoms with Gasteiger partial charge in [0, 0.05) is 15.7 Å². The Labute approximate surface area is 169 Å². The van der Waals surface area contributed by atoms with Crippen molar-refractivity contribution in [3.8, 4) is 0 Å². The molecule has 0 radical (unpaired) electrons. The standard InChI is InChI=1S/C17H19IN4O3S/c1-2-3-8-22-14(19)13(15(20)23)21-17(22)26-12-9-24-16(25-12)10-6-4-5-7-11(10)18/h4-7,9,16H,2-3,8,19H2,1H3,(H2,20,23). The summed E-state index contributed by atoms with van der Waals surface area (Å²) in [5, 5.41) is 1.11. The predicted molar refractivity (Wildman–Crippen MR) is 108 cm³/mol. The second kappa shape index (κ2) is 8.21. The number of hydrogen-bond acceptors (Lipinski definition) is 6. The Hall–Kier alpha value is -1.88. The fraction of sp³-hybridized carbons (Fsp3) is 0.294. The number of thioether (sulfide) groups is 1. The maximum Gasteiger partial charge on any atom is 0.271 e. The van der Waals surface area contributed by atoms with E-state index in [1.54, 1.807) is 10.8 Å². The highest BCUT2D eigenvalue weighted by atomic mass is 127. The van der Waals surface area contributed by atoms with Crippen LogP contribution in [-0.4, -0.2) is 15.5 Å². The maximum absolute atomic E-state index is 11.6. The molecule has 1 unspecified atom stereocenters. The molecule has 1 aliphatic rings. The van der Waals surface area contributed by atoms with E-state index in [2.05, 4.69) is 34.5 Å². The molecule has 9 heteroatoms. The Morgan fingerprint density at radius 2 is 2.19 bits per heavy atom. The van der Waals surface area contributed by atoms with Crippen molar-refractivity contribution >= 4 is 46.1 Å². The molecule has 0 saturated heterocycles. The molecule has 1 aromatic carbocycles. The van der Waals surface area contributed by atoms with E-state index in [0.717, 1.165) is 22.0 Å². The van der Waals surface area contributed by atoms with E-state index >= 15 is 0 Å². The number of anilines is 1. The van der Waals surface area contributed by atoms with Gasteiger partial charge in [0.1, 0.15) is 12.1 Å². The number of rotatable bonds is 7. The number of aromatic nitrogens is 2. The molecule has 2 heterocycles. The topological polar surface area (TPSA) is 105 Å². The van der Waals surface area contributed by atoms with Gasteiger partial charge in [-0.15, -0.1) is 0 Å². The Balaban J connectivity index is 1.78. The third-order valence-electron chi connectivity index (χ3n) is 3.80. The van der Waals surface area contributed by atoms with Crippen LogP contribution in [0.5, 0.6) is 0 Å². The highest BCUT2D eigenvalue weighted by molar-refractivity contribution is 14.1. The van der Waals surface area contributed by atoms with Crippen LogP contribution in [0.15, 0.2) is 40.8 Å². The predicted octanol–water partition coefficient (Wildman–Crippen LogP) is 3.61. The van der Waals surface area contributed by atoms with Crippen molar-refractivity contribution in [1.29, 1.82) is 0 Å². The number of primary amides is 1. The monoisotopic (exact) mass is 486 g/mol. The molecule has 0 fully saturated rings. The smallest absolute Gasteiger partial charge is 0.271 e. The minimum Gasteiger partial charge on any atom is -0.454 e. The van der Waals surface area contributed by atoms with Crippen molar-refractivity contribution in [2.45, 2.75) is 37.8 Å². The van der Waals surface area contributed by atoms with E-state index < -0.39 is 12.2 Å². The minimum absolute atomic E-state index is 0.0808. The molecule has 1 aliphatic heterocycles. The molecular formula is C17H19IN4O3S. The number of unbranched alkanes of at least 4 members (excludes halogenated alkanes) is 1. The first-order valence-electron chi connectivity index (χ1n) is 8.11. The van der Waals surface area contributed by atoms with Crippen LogP contribution in [0.2, 0.25) is 0 Å². The Bertz CT molecular complexity index is 853. The van der Waals surface area contributed by atoms with Gasteiger partial charge in [0.15, 0.2) is 10.9 Å². The van der Waals surface area contributed by atoms with E-state index in [-0.39, 0.29) is 11.5 Å². The highest BCUT2D eigenvalue weighted by Gasteiger charge is 2.27. The van der Waals surface area contributed by atoms with Crippen LogP contribution < -0.4 is 11.5 Å². The Morgan fingerprint density at radius 1 is 1.42 bits per heavy atom. The van der Waals surface area contributed by atoms with Crippen molar-refractivity contribution in [2.75, 3.05) is 5.73 Å². The lowest BCUT2D eigenvalue weighted by atomic mass is 10.2. The number of halogens is 1. The third-order valence-corrected chi connectivity index (χ3v) is 5.67. The summed E-state index contributed by atoms with van der Waals surface area (Å²) in [6.07, 6.45) is 2.95. The summed E-state index contributed by atoms with van der Waals surface area (Å²) < 4.78 is 14.4. The molecule has 3 rings (SSSR count). The number of carbonyl (C=O) groups excluding carboxylic acids is 1. The van der Waals surface area contributed by atoms with Crippen molar-refractivity contribution in [2.24, 2.45) is 5.73 Å². The molecule has 0 saturated carbocycles. The first-order chi connectivity index (χ1) is 12.5. The number of nitrogens with two attached hydrogens (primary N) is 2. The number of nitrogens with zero attached hydrogens (tertiary/aromatic N) is 2. The lowest BCUT2D eigenvalue weighted by Gasteiger charge is -2.13. The van der Waals surface area contributed by atoms with Crippen LogP contribution in [0.25, 0.3) is 0 Å². The number of ether oxygens (including phenoxy) is 2. The fourth-order valence-corrected chi connectivity index (χ4v) is 3.95. The van der Waals surface area contributed by atoms with E-state index in [9.17, 15) is 4.79 Å². The van der Waals surface area contributed by atoms with E-state index in [0.29, 0.717) is 16.8 Å². The zero-order valence-corrected chi connectivity index (χ0v) is 17.1. The third kappa shape index (κ3) is 3.93. The molecule has 26 heavy (non-hydrogen) atoms. The molecule has 138 valence electrons. The van der Waals surface area contributed by atoms with E-state index in [1.165, 1.54) is 11.8 Å². The van der Waals surface area contributed by atoms with Gasteiger partial charge in [-0.25, -0.2) is 4.98 Å². The zero-order chi connectivity index (χ0) is 18.7. The summed E-state index contributed by atoms with van der Waals surface area (Å²) in [5.74, 6) is -0.365. The molecule has 1 amide bonds. The number of carbonyl (C=O) groups is 1. The zero-order valence-electron chi connectivity index (χ0n) is 14.1. The van der Waals surface area contributed by atoms with Crippen LogP contribution in [-0.2, 0) is 16.0 Å². The Morgan fingerprint density at radius 3 is 2.88 bits per heavy atom. The second-order valence-corrected chi connectivity index (χ2v) is 7.78. The summed E-state index contributed by atoms with van der Waals surface area (Å²) in [6, 6.07) is 7.85. The average molecular weight is 486 g/mol. The largest absolute Gasteiger partial charge is 0.454 e. The SMILES string of the molecule is CCCCn1c(SC2=COC(c3ccccc3I)O2)nc(C(N)=O)c1N. The quantitative estimate of drug-likeness (QED) is 0.580. The van der Waals surface area contributed by atoms with Gasteiger partial charge in [0.2, 0.25) is 5.09 Å². The molecular weight excluding hydrogens is 467 g/mol. The van der Waals surface area contributed by atoms with Crippen LogP contribution in [0, 0.1) is 3.57 Å². The van der Waals surface area contributed by atoms with E-state index in [4.69, 9.17) is 20.9 Å². The molecule has 4 N–H and O–H groups in total. The molecule has 0 aliphatic carbocycles. The Kier molecular flexibility index (Phi) is 5.97. The van der Waals surface area contributed by atoms with Gasteiger partial charge in [-0.1, -0.05) is 31.5 Å². The highest BCUT2D eigenvalue weighted by Crippen LogP contribution is 2.39. The molecule has 1 aromatic heterocycles.